The molecule has 1 atom stereocenters. The van der Waals surface area contributed by atoms with Crippen molar-refractivity contribution in [2.75, 3.05) is 0 Å². The van der Waals surface area contributed by atoms with Gasteiger partial charge in [0, 0.05) is 11.0 Å². The van der Waals surface area contributed by atoms with Crippen molar-refractivity contribution in [3.8, 4) is 0 Å². The maximum Gasteiger partial charge on any atom is 0.330 e. The quantitative estimate of drug-likeness (QED) is 0.535. The van der Waals surface area contributed by atoms with E-state index in [1.165, 1.54) is 17.8 Å². The number of hydrogen-bond donors (Lipinski definition) is 0. The minimum absolute atomic E-state index is 0.186. The highest BCUT2D eigenvalue weighted by atomic mass is 32.2. The molecule has 0 amide bonds. The van der Waals surface area contributed by atoms with E-state index >= 15 is 0 Å². The van der Waals surface area contributed by atoms with Crippen molar-refractivity contribution in [3.05, 3.63) is 42.0 Å². The van der Waals surface area contributed by atoms with Gasteiger partial charge in [-0.3, -0.25) is 4.79 Å². The van der Waals surface area contributed by atoms with Crippen LogP contribution >= 0.6 is 11.8 Å². The number of carbonyl (C=O) groups is 2. The van der Waals surface area contributed by atoms with Gasteiger partial charge in [0.25, 0.3) is 0 Å². The lowest BCUT2D eigenvalue weighted by Crippen LogP contribution is -2.30. The fourth-order valence-corrected chi connectivity index (χ4v) is 4.17. The van der Waals surface area contributed by atoms with Gasteiger partial charge in [0.15, 0.2) is 0 Å². The minimum Gasteiger partial charge on any atom is -0.457 e. The molecule has 0 saturated carbocycles. The molecule has 0 spiro atoms. The molecule has 1 aliphatic rings. The summed E-state index contributed by atoms with van der Waals surface area (Å²) in [4.78, 5) is 25.7. The summed E-state index contributed by atoms with van der Waals surface area (Å²) in [6.07, 6.45) is 6.63. The van der Waals surface area contributed by atoms with Crippen LogP contribution in [0.15, 0.2) is 41.3 Å². The number of fused-ring (bicyclic) bond motifs is 1. The number of ether oxygens (including phenoxy) is 1. The highest BCUT2D eigenvalue weighted by Gasteiger charge is 2.45. The number of unbranched alkanes of at least 4 members (excludes halogenated alkanes) is 1. The molecule has 0 bridgehead atoms. The van der Waals surface area contributed by atoms with E-state index in [2.05, 4.69) is 6.92 Å². The molecule has 4 heteroatoms. The maximum absolute atomic E-state index is 12.8. The van der Waals surface area contributed by atoms with E-state index in [9.17, 15) is 9.59 Å². The molecule has 0 saturated heterocycles. The van der Waals surface area contributed by atoms with Gasteiger partial charge in [-0.1, -0.05) is 55.8 Å². The third-order valence-corrected chi connectivity index (χ3v) is 5.23. The van der Waals surface area contributed by atoms with Gasteiger partial charge in [-0.2, -0.15) is 0 Å². The van der Waals surface area contributed by atoms with Crippen LogP contribution in [0.5, 0.6) is 0 Å². The molecular weight excluding hydrogens is 320 g/mol. The number of benzene rings is 1. The second-order valence-electron chi connectivity index (χ2n) is 7.21. The van der Waals surface area contributed by atoms with E-state index in [1.54, 1.807) is 6.08 Å². The molecule has 1 aliphatic heterocycles. The number of hydrogen-bond acceptors (Lipinski definition) is 4. The van der Waals surface area contributed by atoms with Gasteiger partial charge in [0.1, 0.15) is 5.60 Å². The van der Waals surface area contributed by atoms with Gasteiger partial charge < -0.3 is 4.74 Å². The Labute approximate surface area is 148 Å². The Morgan fingerprint density at radius 3 is 2.67 bits per heavy atom. The Kier molecular flexibility index (Phi) is 5.92. The zero-order valence-corrected chi connectivity index (χ0v) is 15.7. The van der Waals surface area contributed by atoms with Crippen LogP contribution in [0, 0.1) is 0 Å². The van der Waals surface area contributed by atoms with Gasteiger partial charge in [-0.15, -0.1) is 0 Å². The predicted molar refractivity (Wildman–Crippen MR) is 98.1 cm³/mol. The van der Waals surface area contributed by atoms with Gasteiger partial charge in [0.05, 0.1) is 5.41 Å². The second kappa shape index (κ2) is 7.56. The molecule has 0 fully saturated rings. The van der Waals surface area contributed by atoms with Crippen molar-refractivity contribution in [1.82, 2.24) is 0 Å². The van der Waals surface area contributed by atoms with Crippen molar-refractivity contribution in [2.24, 2.45) is 0 Å². The summed E-state index contributed by atoms with van der Waals surface area (Å²) >= 11 is 1.33. The SMILES string of the molecule is CCCC[C@]1(C/C=C/C(=O)OC(C)(C)C)C(=O)Sc2ccccc21. The van der Waals surface area contributed by atoms with Crippen LogP contribution in [0.4, 0.5) is 0 Å². The standard InChI is InChI=1S/C20H26O3S/c1-5-6-13-20(14-9-12-17(21)23-19(2,3)4)15-10-7-8-11-16(15)24-18(20)22/h7-12H,5-6,13-14H2,1-4H3/b12-9+/t20-/m1/s1. The summed E-state index contributed by atoms with van der Waals surface area (Å²) < 4.78 is 5.30. The molecule has 2 rings (SSSR count). The lowest BCUT2D eigenvalue weighted by atomic mass is 9.75. The third-order valence-electron chi connectivity index (χ3n) is 4.08. The first-order valence-corrected chi connectivity index (χ1v) is 9.31. The van der Waals surface area contributed by atoms with Gasteiger partial charge in [0.2, 0.25) is 5.12 Å². The first kappa shape index (κ1) is 18.8. The first-order chi connectivity index (χ1) is 11.3. The monoisotopic (exact) mass is 346 g/mol. The molecule has 0 aliphatic carbocycles. The topological polar surface area (TPSA) is 43.4 Å². The molecule has 0 radical (unpaired) electrons. The smallest absolute Gasteiger partial charge is 0.330 e. The Balaban J connectivity index is 2.21. The Morgan fingerprint density at radius 2 is 2.00 bits per heavy atom. The van der Waals surface area contributed by atoms with Crippen LogP contribution in [-0.4, -0.2) is 16.7 Å². The molecule has 1 heterocycles. The summed E-state index contributed by atoms with van der Waals surface area (Å²) in [7, 11) is 0. The summed E-state index contributed by atoms with van der Waals surface area (Å²) in [6, 6.07) is 8.00. The molecule has 1 aromatic rings. The molecular formula is C20H26O3S. The largest absolute Gasteiger partial charge is 0.457 e. The average Bonchev–Trinajstić information content (AvgIpc) is 2.76. The van der Waals surface area contributed by atoms with Crippen molar-refractivity contribution in [1.29, 1.82) is 0 Å². The van der Waals surface area contributed by atoms with Crippen molar-refractivity contribution in [2.45, 2.75) is 69.3 Å². The summed E-state index contributed by atoms with van der Waals surface area (Å²) in [5.74, 6) is -0.362. The van der Waals surface area contributed by atoms with Crippen molar-refractivity contribution < 1.29 is 14.3 Å². The van der Waals surface area contributed by atoms with Crippen LogP contribution in [-0.2, 0) is 19.7 Å². The van der Waals surface area contributed by atoms with Crippen molar-refractivity contribution in [3.63, 3.8) is 0 Å². The van der Waals surface area contributed by atoms with E-state index in [-0.39, 0.29) is 11.1 Å². The van der Waals surface area contributed by atoms with Crippen LogP contribution in [0.2, 0.25) is 0 Å². The zero-order chi connectivity index (χ0) is 17.8. The lowest BCUT2D eigenvalue weighted by Gasteiger charge is -2.26. The van der Waals surface area contributed by atoms with E-state index in [0.717, 1.165) is 29.7 Å². The highest BCUT2D eigenvalue weighted by molar-refractivity contribution is 8.14. The molecule has 24 heavy (non-hydrogen) atoms. The van der Waals surface area contributed by atoms with Gasteiger partial charge in [-0.05, 0) is 45.2 Å². The number of allylic oxidation sites excluding steroid dienone is 1. The molecule has 1 aromatic carbocycles. The molecule has 130 valence electrons. The number of carbonyl (C=O) groups excluding carboxylic acids is 2. The first-order valence-electron chi connectivity index (χ1n) is 8.50. The Morgan fingerprint density at radius 1 is 1.29 bits per heavy atom. The molecule has 3 nitrogen and oxygen atoms in total. The summed E-state index contributed by atoms with van der Waals surface area (Å²) in [5.41, 5.74) is 0.0743. The van der Waals surface area contributed by atoms with Crippen LogP contribution in [0.25, 0.3) is 0 Å². The molecule has 0 N–H and O–H groups in total. The zero-order valence-electron chi connectivity index (χ0n) is 14.9. The third kappa shape index (κ3) is 4.29. The fourth-order valence-electron chi connectivity index (χ4n) is 2.96. The Hall–Kier alpha value is -1.55. The van der Waals surface area contributed by atoms with Crippen molar-refractivity contribution >= 4 is 22.8 Å². The predicted octanol–water partition coefficient (Wildman–Crippen LogP) is 5.03. The van der Waals surface area contributed by atoms with E-state index < -0.39 is 11.0 Å². The van der Waals surface area contributed by atoms with Gasteiger partial charge >= 0.3 is 5.97 Å². The van der Waals surface area contributed by atoms with Crippen LogP contribution < -0.4 is 0 Å². The maximum atomic E-state index is 12.8. The highest BCUT2D eigenvalue weighted by Crippen LogP contribution is 2.50. The van der Waals surface area contributed by atoms with Gasteiger partial charge in [-0.25, -0.2) is 4.79 Å². The fraction of sp³-hybridized carbons (Fsp3) is 0.500. The normalized spacial score (nSPS) is 20.4. The number of esters is 1. The number of thioether (sulfide) groups is 1. The summed E-state index contributed by atoms with van der Waals surface area (Å²) in [6.45, 7) is 7.65. The van der Waals surface area contributed by atoms with E-state index in [1.807, 2.05) is 45.0 Å². The summed E-state index contributed by atoms with van der Waals surface area (Å²) in [5, 5.41) is 0.186. The van der Waals surface area contributed by atoms with E-state index in [4.69, 9.17) is 4.74 Å². The van der Waals surface area contributed by atoms with Crippen LogP contribution in [0.1, 0.15) is 58.9 Å². The Bertz CT molecular complexity index is 643. The molecule has 0 aromatic heterocycles. The van der Waals surface area contributed by atoms with Crippen LogP contribution in [0.3, 0.4) is 0 Å². The minimum atomic E-state index is -0.518. The van der Waals surface area contributed by atoms with E-state index in [0.29, 0.717) is 6.42 Å². The second-order valence-corrected chi connectivity index (χ2v) is 8.23. The average molecular weight is 346 g/mol. The number of rotatable bonds is 6. The lowest BCUT2D eigenvalue weighted by molar-refractivity contribution is -0.148. The molecule has 0 unspecified atom stereocenters.